The van der Waals surface area contributed by atoms with E-state index in [2.05, 4.69) is 25.9 Å². The predicted molar refractivity (Wildman–Crippen MR) is 137 cm³/mol. The highest BCUT2D eigenvalue weighted by molar-refractivity contribution is 7.89. The van der Waals surface area contributed by atoms with Crippen LogP contribution in [0.5, 0.6) is 0 Å². The van der Waals surface area contributed by atoms with Crippen LogP contribution in [0.3, 0.4) is 0 Å². The average molecular weight is 498 g/mol. The van der Waals surface area contributed by atoms with Crippen molar-refractivity contribution in [2.75, 3.05) is 26.2 Å². The normalized spacial score (nSPS) is 15.7. The number of fused-ring (bicyclic) bond motifs is 1. The van der Waals surface area contributed by atoms with Crippen molar-refractivity contribution in [1.29, 1.82) is 0 Å². The molecule has 4 rings (SSSR count). The second-order valence-electron chi connectivity index (χ2n) is 9.67. The standard InChI is InChI=1S/C26H35N5O3S/c1-18(2)31-26-24(17-27-31)20(4)23(21(5)28-26)11-12-25(32)29-13-6-14-30(16-15-29)35(33,34)22-9-7-19(3)8-10-22/h7-10,17-18H,6,11-16H2,1-5H3. The van der Waals surface area contributed by atoms with Crippen LogP contribution in [-0.4, -0.2) is 64.5 Å². The number of hydrogen-bond donors (Lipinski definition) is 0. The number of aryl methyl sites for hydroxylation is 3. The largest absolute Gasteiger partial charge is 0.341 e. The molecule has 0 aliphatic carbocycles. The van der Waals surface area contributed by atoms with Gasteiger partial charge in [0.05, 0.1) is 11.1 Å². The predicted octanol–water partition coefficient (Wildman–Crippen LogP) is 3.79. The van der Waals surface area contributed by atoms with E-state index in [-0.39, 0.29) is 11.9 Å². The number of amides is 1. The number of nitrogens with zero attached hydrogens (tertiary/aromatic N) is 5. The zero-order valence-electron chi connectivity index (χ0n) is 21.3. The summed E-state index contributed by atoms with van der Waals surface area (Å²) < 4.78 is 29.6. The SMILES string of the molecule is Cc1ccc(S(=O)(=O)N2CCCN(C(=O)CCc3c(C)nc4c(cnn4C(C)C)c3C)CC2)cc1. The highest BCUT2D eigenvalue weighted by Crippen LogP contribution is 2.26. The molecule has 35 heavy (non-hydrogen) atoms. The Kier molecular flexibility index (Phi) is 7.28. The second kappa shape index (κ2) is 10.1. The van der Waals surface area contributed by atoms with Crippen molar-refractivity contribution in [3.05, 3.63) is 52.8 Å². The summed E-state index contributed by atoms with van der Waals surface area (Å²) in [5.41, 5.74) is 5.04. The minimum absolute atomic E-state index is 0.0522. The molecule has 1 aromatic carbocycles. The maximum Gasteiger partial charge on any atom is 0.243 e. The van der Waals surface area contributed by atoms with Gasteiger partial charge in [0.2, 0.25) is 15.9 Å². The highest BCUT2D eigenvalue weighted by Gasteiger charge is 2.28. The number of hydrogen-bond acceptors (Lipinski definition) is 5. The highest BCUT2D eigenvalue weighted by atomic mass is 32.2. The van der Waals surface area contributed by atoms with Crippen LogP contribution in [0.25, 0.3) is 11.0 Å². The van der Waals surface area contributed by atoms with Crippen molar-refractivity contribution < 1.29 is 13.2 Å². The lowest BCUT2D eigenvalue weighted by Crippen LogP contribution is -2.37. The average Bonchev–Trinajstić information content (AvgIpc) is 3.07. The lowest BCUT2D eigenvalue weighted by atomic mass is 10.00. The Labute approximate surface area is 208 Å². The van der Waals surface area contributed by atoms with Crippen LogP contribution in [-0.2, 0) is 21.2 Å². The molecule has 0 radical (unpaired) electrons. The fraction of sp³-hybridized carbons (Fsp3) is 0.500. The maximum absolute atomic E-state index is 13.1. The molecule has 1 fully saturated rings. The first-order valence-corrected chi connectivity index (χ1v) is 13.7. The molecule has 3 heterocycles. The topological polar surface area (TPSA) is 88.4 Å². The Bertz CT molecular complexity index is 1330. The molecule has 0 unspecified atom stereocenters. The van der Waals surface area contributed by atoms with Gasteiger partial charge in [-0.25, -0.2) is 18.1 Å². The lowest BCUT2D eigenvalue weighted by Gasteiger charge is -2.22. The fourth-order valence-electron chi connectivity index (χ4n) is 4.77. The summed E-state index contributed by atoms with van der Waals surface area (Å²) in [6.07, 6.45) is 3.46. The van der Waals surface area contributed by atoms with Gasteiger partial charge in [0, 0.05) is 49.7 Å². The van der Waals surface area contributed by atoms with Gasteiger partial charge in [-0.2, -0.15) is 9.40 Å². The Hall–Kier alpha value is -2.78. The van der Waals surface area contributed by atoms with Crippen molar-refractivity contribution in [2.24, 2.45) is 0 Å². The molecule has 0 N–H and O–H groups in total. The van der Waals surface area contributed by atoms with E-state index in [9.17, 15) is 13.2 Å². The number of carbonyl (C=O) groups excluding carboxylic acids is 1. The van der Waals surface area contributed by atoms with Gasteiger partial charge in [0.1, 0.15) is 0 Å². The Morgan fingerprint density at radius 1 is 1.03 bits per heavy atom. The summed E-state index contributed by atoms with van der Waals surface area (Å²) in [6, 6.07) is 7.15. The molecule has 3 aromatic rings. The van der Waals surface area contributed by atoms with E-state index in [4.69, 9.17) is 4.98 Å². The minimum Gasteiger partial charge on any atom is -0.341 e. The van der Waals surface area contributed by atoms with Gasteiger partial charge < -0.3 is 4.90 Å². The van der Waals surface area contributed by atoms with Crippen molar-refractivity contribution in [3.63, 3.8) is 0 Å². The van der Waals surface area contributed by atoms with E-state index in [1.807, 2.05) is 36.9 Å². The first kappa shape index (κ1) is 25.3. The smallest absolute Gasteiger partial charge is 0.243 e. The van der Waals surface area contributed by atoms with E-state index < -0.39 is 10.0 Å². The summed E-state index contributed by atoms with van der Waals surface area (Å²) >= 11 is 0. The number of rotatable bonds is 6. The summed E-state index contributed by atoms with van der Waals surface area (Å²) in [4.78, 5) is 20.0. The molecule has 188 valence electrons. The zero-order valence-corrected chi connectivity index (χ0v) is 22.1. The molecule has 0 bridgehead atoms. The number of carbonyl (C=O) groups is 1. The molecule has 1 aliphatic rings. The van der Waals surface area contributed by atoms with Crippen molar-refractivity contribution in [1.82, 2.24) is 24.0 Å². The van der Waals surface area contributed by atoms with Gasteiger partial charge >= 0.3 is 0 Å². The summed E-state index contributed by atoms with van der Waals surface area (Å²) in [5.74, 6) is 0.0522. The van der Waals surface area contributed by atoms with Gasteiger partial charge in [-0.15, -0.1) is 0 Å². The zero-order chi connectivity index (χ0) is 25.3. The monoisotopic (exact) mass is 497 g/mol. The van der Waals surface area contributed by atoms with Crippen LogP contribution in [0.15, 0.2) is 35.4 Å². The Balaban J connectivity index is 1.42. The van der Waals surface area contributed by atoms with Crippen LogP contribution in [0.1, 0.15) is 55.1 Å². The van der Waals surface area contributed by atoms with Crippen molar-refractivity contribution in [3.8, 4) is 0 Å². The molecule has 9 heteroatoms. The first-order chi connectivity index (χ1) is 16.6. The molecular weight excluding hydrogens is 462 g/mol. The molecule has 1 amide bonds. The van der Waals surface area contributed by atoms with Crippen LogP contribution in [0.4, 0.5) is 0 Å². The number of sulfonamides is 1. The number of pyridine rings is 1. The van der Waals surface area contributed by atoms with Crippen LogP contribution >= 0.6 is 0 Å². The van der Waals surface area contributed by atoms with Gasteiger partial charge in [-0.05, 0) is 70.7 Å². The summed E-state index contributed by atoms with van der Waals surface area (Å²) in [5, 5.41) is 5.52. The van der Waals surface area contributed by atoms with Gasteiger partial charge in [0.25, 0.3) is 0 Å². The van der Waals surface area contributed by atoms with Gasteiger partial charge in [-0.3, -0.25) is 4.79 Å². The Morgan fingerprint density at radius 2 is 1.74 bits per heavy atom. The van der Waals surface area contributed by atoms with E-state index in [1.54, 1.807) is 17.0 Å². The van der Waals surface area contributed by atoms with Crippen LogP contribution < -0.4 is 0 Å². The van der Waals surface area contributed by atoms with E-state index >= 15 is 0 Å². The molecule has 1 aliphatic heterocycles. The maximum atomic E-state index is 13.1. The van der Waals surface area contributed by atoms with Crippen LogP contribution in [0, 0.1) is 20.8 Å². The van der Waals surface area contributed by atoms with E-state index in [1.165, 1.54) is 4.31 Å². The number of benzene rings is 1. The third-order valence-corrected chi connectivity index (χ3v) is 8.79. The molecular formula is C26H35N5O3S. The van der Waals surface area contributed by atoms with Gasteiger partial charge in [0.15, 0.2) is 5.65 Å². The molecule has 0 atom stereocenters. The van der Waals surface area contributed by atoms with Gasteiger partial charge in [-0.1, -0.05) is 17.7 Å². The van der Waals surface area contributed by atoms with E-state index in [0.717, 1.165) is 33.4 Å². The summed E-state index contributed by atoms with van der Waals surface area (Å²) in [6.45, 7) is 11.9. The first-order valence-electron chi connectivity index (χ1n) is 12.3. The van der Waals surface area contributed by atoms with Crippen LogP contribution in [0.2, 0.25) is 0 Å². The second-order valence-corrected chi connectivity index (χ2v) is 11.6. The minimum atomic E-state index is -3.56. The molecule has 0 saturated carbocycles. The van der Waals surface area contributed by atoms with E-state index in [0.29, 0.717) is 50.3 Å². The lowest BCUT2D eigenvalue weighted by molar-refractivity contribution is -0.131. The summed E-state index contributed by atoms with van der Waals surface area (Å²) in [7, 11) is -3.56. The molecule has 2 aromatic heterocycles. The quantitative estimate of drug-likeness (QED) is 0.517. The van der Waals surface area contributed by atoms with Crippen molar-refractivity contribution in [2.45, 2.75) is 64.8 Å². The van der Waals surface area contributed by atoms with Crippen molar-refractivity contribution >= 4 is 27.0 Å². The third kappa shape index (κ3) is 5.11. The molecule has 1 saturated heterocycles. The Morgan fingerprint density at radius 3 is 2.43 bits per heavy atom. The fourth-order valence-corrected chi connectivity index (χ4v) is 6.24. The number of aromatic nitrogens is 3. The molecule has 8 nitrogen and oxygen atoms in total. The molecule has 0 spiro atoms. The third-order valence-electron chi connectivity index (χ3n) is 6.88.